The molecule has 1 aromatic rings. The van der Waals surface area contributed by atoms with E-state index in [0.717, 1.165) is 30.2 Å². The molecule has 1 heterocycles. The molecule has 1 rings (SSSR count). The van der Waals surface area contributed by atoms with Gasteiger partial charge in [-0.1, -0.05) is 20.8 Å². The van der Waals surface area contributed by atoms with Crippen LogP contribution in [0.5, 0.6) is 0 Å². The molecule has 0 radical (unpaired) electrons. The van der Waals surface area contributed by atoms with Crippen molar-refractivity contribution in [3.63, 3.8) is 0 Å². The third-order valence-corrected chi connectivity index (χ3v) is 2.95. The van der Waals surface area contributed by atoms with Crippen LogP contribution in [0.1, 0.15) is 64.3 Å². The molecule has 3 nitrogen and oxygen atoms in total. The highest BCUT2D eigenvalue weighted by Crippen LogP contribution is 2.20. The van der Waals surface area contributed by atoms with E-state index in [1.807, 2.05) is 0 Å². The number of nitrogens with one attached hydrogen (secondary N) is 1. The lowest BCUT2D eigenvalue weighted by Gasteiger charge is -2.22. The first-order valence-electron chi connectivity index (χ1n) is 7.06. The van der Waals surface area contributed by atoms with E-state index in [1.54, 1.807) is 0 Å². The van der Waals surface area contributed by atoms with Gasteiger partial charge in [0.25, 0.3) is 0 Å². The second kappa shape index (κ2) is 5.58. The molecule has 0 aromatic carbocycles. The van der Waals surface area contributed by atoms with E-state index in [2.05, 4.69) is 70.7 Å². The largest absolute Gasteiger partial charge is 0.308 e. The van der Waals surface area contributed by atoms with Crippen molar-refractivity contribution >= 4 is 0 Å². The zero-order valence-corrected chi connectivity index (χ0v) is 13.8. The minimum absolute atomic E-state index is 0.114. The van der Waals surface area contributed by atoms with E-state index in [4.69, 9.17) is 0 Å². The summed E-state index contributed by atoms with van der Waals surface area (Å²) in [5, 5.41) is 3.51. The molecule has 0 amide bonds. The number of aromatic nitrogens is 2. The highest BCUT2D eigenvalue weighted by molar-refractivity contribution is 5.24. The molecule has 0 atom stereocenters. The molecule has 0 aliphatic rings. The Balaban J connectivity index is 2.92. The van der Waals surface area contributed by atoms with E-state index in [9.17, 15) is 0 Å². The monoisotopic (exact) mass is 263 g/mol. The second-order valence-electron chi connectivity index (χ2n) is 7.63. The summed E-state index contributed by atoms with van der Waals surface area (Å²) >= 11 is 0. The van der Waals surface area contributed by atoms with Gasteiger partial charge in [-0.05, 0) is 40.0 Å². The molecule has 3 heteroatoms. The topological polar surface area (TPSA) is 37.8 Å². The lowest BCUT2D eigenvalue weighted by Crippen LogP contribution is -2.35. The first-order chi connectivity index (χ1) is 8.48. The number of rotatable bonds is 3. The zero-order valence-electron chi connectivity index (χ0n) is 13.8. The van der Waals surface area contributed by atoms with Gasteiger partial charge in [-0.25, -0.2) is 9.97 Å². The van der Waals surface area contributed by atoms with Crippen LogP contribution in [0.2, 0.25) is 0 Å². The number of hydrogen-bond acceptors (Lipinski definition) is 3. The first-order valence-corrected chi connectivity index (χ1v) is 7.06. The first kappa shape index (κ1) is 16.1. The maximum atomic E-state index is 4.67. The van der Waals surface area contributed by atoms with Gasteiger partial charge >= 0.3 is 0 Å². The van der Waals surface area contributed by atoms with Crippen LogP contribution in [0, 0.1) is 19.3 Å². The highest BCUT2D eigenvalue weighted by atomic mass is 15.0. The van der Waals surface area contributed by atoms with Crippen LogP contribution in [-0.2, 0) is 13.0 Å². The Bertz CT molecular complexity index is 413. The Kier molecular flexibility index (Phi) is 4.72. The molecule has 0 fully saturated rings. The Morgan fingerprint density at radius 1 is 0.895 bits per heavy atom. The normalized spacial score (nSPS) is 12.8. The van der Waals surface area contributed by atoms with Crippen LogP contribution in [-0.4, -0.2) is 15.5 Å². The fraction of sp³-hybridized carbons (Fsp3) is 0.750. The van der Waals surface area contributed by atoms with Crippen LogP contribution in [0.25, 0.3) is 0 Å². The van der Waals surface area contributed by atoms with Gasteiger partial charge in [-0.3, -0.25) is 0 Å². The molecule has 19 heavy (non-hydrogen) atoms. The van der Waals surface area contributed by atoms with Crippen molar-refractivity contribution in [2.45, 2.75) is 73.9 Å². The molecule has 108 valence electrons. The average Bonchev–Trinajstić information content (AvgIpc) is 2.10. The Labute approximate surface area is 118 Å². The van der Waals surface area contributed by atoms with Crippen LogP contribution in [0.15, 0.2) is 0 Å². The van der Waals surface area contributed by atoms with Crippen LogP contribution < -0.4 is 5.32 Å². The van der Waals surface area contributed by atoms with Gasteiger partial charge < -0.3 is 5.32 Å². The smallest absolute Gasteiger partial charge is 0.129 e. The maximum absolute atomic E-state index is 4.67. The van der Waals surface area contributed by atoms with Gasteiger partial charge in [0.1, 0.15) is 5.82 Å². The number of nitrogens with zero attached hydrogens (tertiary/aromatic N) is 2. The summed E-state index contributed by atoms with van der Waals surface area (Å²) in [6.45, 7) is 18.2. The summed E-state index contributed by atoms with van der Waals surface area (Å²) in [5.41, 5.74) is 3.77. The molecule has 0 spiro atoms. The molecule has 0 unspecified atom stereocenters. The Morgan fingerprint density at radius 2 is 1.37 bits per heavy atom. The van der Waals surface area contributed by atoms with Gasteiger partial charge in [-0.2, -0.15) is 0 Å². The van der Waals surface area contributed by atoms with Crippen LogP contribution in [0.4, 0.5) is 0 Å². The van der Waals surface area contributed by atoms with Gasteiger partial charge in [-0.15, -0.1) is 0 Å². The van der Waals surface area contributed by atoms with Gasteiger partial charge in [0.2, 0.25) is 0 Å². The third kappa shape index (κ3) is 5.68. The van der Waals surface area contributed by atoms with E-state index in [0.29, 0.717) is 0 Å². The molecule has 0 aliphatic carbocycles. The summed E-state index contributed by atoms with van der Waals surface area (Å²) in [4.78, 5) is 9.34. The lowest BCUT2D eigenvalue weighted by molar-refractivity contribution is 0.398. The predicted molar refractivity (Wildman–Crippen MR) is 81.3 cm³/mol. The average molecular weight is 263 g/mol. The van der Waals surface area contributed by atoms with Crippen LogP contribution in [0.3, 0.4) is 0 Å². The second-order valence-corrected chi connectivity index (χ2v) is 7.63. The van der Waals surface area contributed by atoms with Crippen molar-refractivity contribution in [2.75, 3.05) is 0 Å². The minimum Gasteiger partial charge on any atom is -0.308 e. The quantitative estimate of drug-likeness (QED) is 0.906. The van der Waals surface area contributed by atoms with E-state index in [1.165, 1.54) is 5.56 Å². The SMILES string of the molecule is Cc1nc(CC(C)(C)C)nc(C)c1CNC(C)(C)C. The standard InChI is InChI=1S/C16H29N3/c1-11-13(10-17-16(6,7)8)12(2)19-14(18-11)9-15(3,4)5/h17H,9-10H2,1-8H3. The fourth-order valence-corrected chi connectivity index (χ4v) is 1.97. The highest BCUT2D eigenvalue weighted by Gasteiger charge is 2.17. The van der Waals surface area contributed by atoms with Crippen molar-refractivity contribution in [1.29, 1.82) is 0 Å². The van der Waals surface area contributed by atoms with Crippen molar-refractivity contribution in [1.82, 2.24) is 15.3 Å². The summed E-state index contributed by atoms with van der Waals surface area (Å²) in [5.74, 6) is 0.960. The zero-order chi connectivity index (χ0) is 14.8. The summed E-state index contributed by atoms with van der Waals surface area (Å²) in [6, 6.07) is 0. The fourth-order valence-electron chi connectivity index (χ4n) is 1.97. The summed E-state index contributed by atoms with van der Waals surface area (Å²) in [6.07, 6.45) is 0.918. The molecular formula is C16H29N3. The summed E-state index contributed by atoms with van der Waals surface area (Å²) < 4.78 is 0. The maximum Gasteiger partial charge on any atom is 0.129 e. The molecular weight excluding hydrogens is 234 g/mol. The Morgan fingerprint density at radius 3 is 1.74 bits per heavy atom. The minimum atomic E-state index is 0.114. The predicted octanol–water partition coefficient (Wildman–Crippen LogP) is 3.57. The van der Waals surface area contributed by atoms with Gasteiger partial charge in [0.15, 0.2) is 0 Å². The summed E-state index contributed by atoms with van der Waals surface area (Å²) in [7, 11) is 0. The third-order valence-electron chi connectivity index (χ3n) is 2.95. The van der Waals surface area contributed by atoms with Gasteiger partial charge in [0, 0.05) is 35.5 Å². The van der Waals surface area contributed by atoms with Crippen molar-refractivity contribution in [3.8, 4) is 0 Å². The molecule has 0 saturated heterocycles. The molecule has 1 N–H and O–H groups in total. The van der Waals surface area contributed by atoms with Crippen LogP contribution >= 0.6 is 0 Å². The van der Waals surface area contributed by atoms with Gasteiger partial charge in [0.05, 0.1) is 0 Å². The van der Waals surface area contributed by atoms with Crippen molar-refractivity contribution in [3.05, 3.63) is 22.8 Å². The van der Waals surface area contributed by atoms with Crippen molar-refractivity contribution in [2.24, 2.45) is 5.41 Å². The molecule has 0 aliphatic heterocycles. The lowest BCUT2D eigenvalue weighted by atomic mass is 9.92. The number of aryl methyl sites for hydroxylation is 2. The number of hydrogen-bond donors (Lipinski definition) is 1. The van der Waals surface area contributed by atoms with Crippen molar-refractivity contribution < 1.29 is 0 Å². The molecule has 0 bridgehead atoms. The van der Waals surface area contributed by atoms with E-state index >= 15 is 0 Å². The molecule has 0 saturated carbocycles. The Hall–Kier alpha value is -0.960. The van der Waals surface area contributed by atoms with E-state index in [-0.39, 0.29) is 11.0 Å². The van der Waals surface area contributed by atoms with E-state index < -0.39 is 0 Å². The molecule has 1 aromatic heterocycles.